The van der Waals surface area contributed by atoms with E-state index in [2.05, 4.69) is 22.0 Å². The van der Waals surface area contributed by atoms with Crippen molar-refractivity contribution in [2.24, 2.45) is 5.92 Å². The van der Waals surface area contributed by atoms with Gasteiger partial charge in [-0.3, -0.25) is 14.5 Å². The number of halogens is 3. The number of alkyl halides is 3. The Balaban J connectivity index is 1.04. The minimum Gasteiger partial charge on any atom is -0.392 e. The molecule has 2 N–H and O–H groups in total. The van der Waals surface area contributed by atoms with Gasteiger partial charge in [-0.25, -0.2) is 0 Å². The van der Waals surface area contributed by atoms with Crippen LogP contribution in [0.25, 0.3) is 11.1 Å². The van der Waals surface area contributed by atoms with Gasteiger partial charge in [0.25, 0.3) is 0 Å². The number of rotatable bonds is 11. The number of hydrogen-bond donors (Lipinski definition) is 2. The number of likely N-dealkylation sites (tertiary alicyclic amines) is 3. The quantitative estimate of drug-likeness (QED) is 0.236. The van der Waals surface area contributed by atoms with Gasteiger partial charge in [-0.15, -0.1) is 0 Å². The van der Waals surface area contributed by atoms with Crippen LogP contribution in [0.5, 0.6) is 0 Å². The van der Waals surface area contributed by atoms with Gasteiger partial charge >= 0.3 is 12.1 Å². The maximum absolute atomic E-state index is 13.1. The molecule has 54 heavy (non-hydrogen) atoms. The maximum atomic E-state index is 13.1. The molecule has 0 aromatic heterocycles. The molecule has 6 unspecified atom stereocenters. The highest BCUT2D eigenvalue weighted by Crippen LogP contribution is 2.43. The molecule has 6 atom stereocenters. The summed E-state index contributed by atoms with van der Waals surface area (Å²) < 4.78 is 52.8. The maximum Gasteiger partial charge on any atom is 0.471 e. The predicted octanol–water partition coefficient (Wildman–Crippen LogP) is 6.37. The van der Waals surface area contributed by atoms with Crippen LogP contribution in [0, 0.1) is 5.92 Å². The number of hydrogen-bond acceptors (Lipinski definition) is 7. The Hall–Kier alpha value is -3.81. The summed E-state index contributed by atoms with van der Waals surface area (Å²) in [5.74, 6) is -2.46. The van der Waals surface area contributed by atoms with Crippen molar-refractivity contribution in [1.29, 1.82) is 0 Å². The average Bonchev–Trinajstić information content (AvgIpc) is 3.98. The summed E-state index contributed by atoms with van der Waals surface area (Å²) in [7, 11) is 0. The molecule has 3 aromatic rings. The Kier molecular flexibility index (Phi) is 12.0. The Morgan fingerprint density at radius 3 is 2.26 bits per heavy atom. The first kappa shape index (κ1) is 38.5. The van der Waals surface area contributed by atoms with Crippen molar-refractivity contribution in [3.05, 3.63) is 95.1 Å². The van der Waals surface area contributed by atoms with E-state index >= 15 is 0 Å². The number of nitrogens with one attached hydrogen (secondary N) is 1. The second kappa shape index (κ2) is 16.9. The van der Waals surface area contributed by atoms with Gasteiger partial charge in [0.2, 0.25) is 5.91 Å². The Bertz CT molecular complexity index is 1730. The van der Waals surface area contributed by atoms with Gasteiger partial charge in [0.05, 0.1) is 18.8 Å². The van der Waals surface area contributed by atoms with Crippen molar-refractivity contribution < 1.29 is 37.3 Å². The number of amides is 2. The zero-order valence-corrected chi connectivity index (χ0v) is 30.8. The molecular formula is C42H51F3N4O5. The van der Waals surface area contributed by atoms with E-state index in [1.54, 1.807) is 0 Å². The predicted molar refractivity (Wildman–Crippen MR) is 198 cm³/mol. The highest BCUT2D eigenvalue weighted by Gasteiger charge is 2.47. The molecular weight excluding hydrogens is 697 g/mol. The highest BCUT2D eigenvalue weighted by atomic mass is 19.4. The second-order valence-electron chi connectivity index (χ2n) is 15.3. The summed E-state index contributed by atoms with van der Waals surface area (Å²) in [5.41, 5.74) is 5.46. The third-order valence-corrected chi connectivity index (χ3v) is 11.7. The van der Waals surface area contributed by atoms with E-state index in [1.165, 1.54) is 38.8 Å². The van der Waals surface area contributed by atoms with Gasteiger partial charge in [-0.05, 0) is 92.0 Å². The lowest BCUT2D eigenvalue weighted by atomic mass is 9.89. The first-order valence-electron chi connectivity index (χ1n) is 19.4. The lowest BCUT2D eigenvalue weighted by Gasteiger charge is -2.43. The van der Waals surface area contributed by atoms with Crippen molar-refractivity contribution in [1.82, 2.24) is 20.0 Å². The molecule has 2 amide bonds. The Morgan fingerprint density at radius 1 is 0.815 bits per heavy atom. The van der Waals surface area contributed by atoms with Crippen molar-refractivity contribution in [3.8, 4) is 11.1 Å². The van der Waals surface area contributed by atoms with E-state index in [1.807, 2.05) is 72.8 Å². The van der Waals surface area contributed by atoms with Crippen LogP contribution in [0.2, 0.25) is 0 Å². The standard InChI is InChI=1S/C42H51F3N4O5/c1-28-37(26-48-21-5-9-35(48)25-47-19-2-3-20-47)53-40(54-38(28)32-13-11-29(27-50)12-14-32)33-17-15-31(16-18-33)34-8-4-7-30(23-34)24-46-39(51)36-10-6-22-49(36)41(52)42(43,44)45/h4,7-8,11-18,23,28,35-38,40,50H,2-3,5-6,9-10,19-22,24-27H2,1H3,(H,46,51). The topological polar surface area (TPSA) is 94.6 Å². The SMILES string of the molecule is CC1C(CN2CCCC2CN2CCCC2)OC(c2ccc(-c3cccc(CNC(=O)C4CCCN4C(=O)C(F)(F)F)c3)cc2)OC1c1ccc(CO)cc1. The molecule has 4 saturated heterocycles. The first-order valence-corrected chi connectivity index (χ1v) is 19.4. The summed E-state index contributed by atoms with van der Waals surface area (Å²) in [6, 6.07) is 23.1. The number of benzene rings is 3. The summed E-state index contributed by atoms with van der Waals surface area (Å²) in [6.45, 7) is 7.63. The van der Waals surface area contributed by atoms with E-state index < -0.39 is 30.3 Å². The molecule has 9 nitrogen and oxygen atoms in total. The smallest absolute Gasteiger partial charge is 0.392 e. The van der Waals surface area contributed by atoms with Crippen LogP contribution in [-0.4, -0.2) is 95.3 Å². The molecule has 290 valence electrons. The zero-order chi connectivity index (χ0) is 37.8. The number of aliphatic hydroxyl groups excluding tert-OH is 1. The van der Waals surface area contributed by atoms with E-state index in [4.69, 9.17) is 9.47 Å². The average molecular weight is 749 g/mol. The second-order valence-corrected chi connectivity index (χ2v) is 15.3. The van der Waals surface area contributed by atoms with Crippen LogP contribution in [-0.2, 0) is 32.2 Å². The molecule has 0 aliphatic carbocycles. The van der Waals surface area contributed by atoms with Crippen LogP contribution >= 0.6 is 0 Å². The number of aliphatic hydroxyl groups is 1. The van der Waals surface area contributed by atoms with Gasteiger partial charge in [-0.2, -0.15) is 13.2 Å². The van der Waals surface area contributed by atoms with Gasteiger partial charge in [0.1, 0.15) is 6.04 Å². The summed E-state index contributed by atoms with van der Waals surface area (Å²) in [4.78, 5) is 30.6. The summed E-state index contributed by atoms with van der Waals surface area (Å²) in [6.07, 6.45) is -0.327. The molecule has 4 aliphatic rings. The van der Waals surface area contributed by atoms with E-state index in [0.29, 0.717) is 17.4 Å². The number of carbonyl (C=O) groups excluding carboxylic acids is 2. The first-order chi connectivity index (χ1) is 26.1. The van der Waals surface area contributed by atoms with E-state index in [-0.39, 0.29) is 44.2 Å². The Labute approximate surface area is 315 Å². The van der Waals surface area contributed by atoms with E-state index in [0.717, 1.165) is 53.0 Å². The number of ether oxygens (including phenoxy) is 2. The van der Waals surface area contributed by atoms with Crippen molar-refractivity contribution in [2.75, 3.05) is 39.3 Å². The lowest BCUT2D eigenvalue weighted by molar-refractivity contribution is -0.276. The number of nitrogens with zero attached hydrogens (tertiary/aromatic N) is 3. The largest absolute Gasteiger partial charge is 0.471 e. The molecule has 7 rings (SSSR count). The van der Waals surface area contributed by atoms with Gasteiger partial charge < -0.3 is 29.7 Å². The molecule has 3 aromatic carbocycles. The minimum absolute atomic E-state index is 0.0142. The third-order valence-electron chi connectivity index (χ3n) is 11.7. The van der Waals surface area contributed by atoms with Crippen LogP contribution in [0.3, 0.4) is 0 Å². The molecule has 0 saturated carbocycles. The summed E-state index contributed by atoms with van der Waals surface area (Å²) >= 11 is 0. The van der Waals surface area contributed by atoms with Gasteiger partial charge in [0, 0.05) is 43.7 Å². The Morgan fingerprint density at radius 2 is 1.54 bits per heavy atom. The lowest BCUT2D eigenvalue weighted by Crippen LogP contribution is -2.50. The summed E-state index contributed by atoms with van der Waals surface area (Å²) in [5, 5.41) is 12.4. The molecule has 0 radical (unpaired) electrons. The normalized spacial score (nSPS) is 26.7. The molecule has 4 fully saturated rings. The molecule has 0 bridgehead atoms. The fourth-order valence-electron chi connectivity index (χ4n) is 8.61. The van der Waals surface area contributed by atoms with Gasteiger partial charge in [0.15, 0.2) is 6.29 Å². The zero-order valence-electron chi connectivity index (χ0n) is 30.8. The van der Waals surface area contributed by atoms with Crippen LogP contribution < -0.4 is 5.32 Å². The van der Waals surface area contributed by atoms with Gasteiger partial charge in [-0.1, -0.05) is 73.7 Å². The van der Waals surface area contributed by atoms with Crippen LogP contribution in [0.15, 0.2) is 72.8 Å². The molecule has 4 heterocycles. The molecule has 0 spiro atoms. The number of carbonyl (C=O) groups is 2. The third kappa shape index (κ3) is 8.84. The molecule has 4 aliphatic heterocycles. The highest BCUT2D eigenvalue weighted by molar-refractivity contribution is 5.90. The van der Waals surface area contributed by atoms with E-state index in [9.17, 15) is 27.9 Å². The van der Waals surface area contributed by atoms with Crippen molar-refractivity contribution in [2.45, 2.75) is 95.4 Å². The fourth-order valence-corrected chi connectivity index (χ4v) is 8.61. The fraction of sp³-hybridized carbons (Fsp3) is 0.524. The van der Waals surface area contributed by atoms with Crippen molar-refractivity contribution in [3.63, 3.8) is 0 Å². The minimum atomic E-state index is -5.01. The van der Waals surface area contributed by atoms with Crippen molar-refractivity contribution >= 4 is 11.8 Å². The molecule has 12 heteroatoms. The monoisotopic (exact) mass is 748 g/mol. The van der Waals surface area contributed by atoms with Crippen LogP contribution in [0.1, 0.15) is 80.1 Å². The van der Waals surface area contributed by atoms with Crippen LogP contribution in [0.4, 0.5) is 13.2 Å².